The van der Waals surface area contributed by atoms with Crippen LogP contribution in [0.15, 0.2) is 74.5 Å². The van der Waals surface area contributed by atoms with Crippen LogP contribution in [0.1, 0.15) is 31.0 Å². The fourth-order valence-corrected chi connectivity index (χ4v) is 5.11. The lowest BCUT2D eigenvalue weighted by Crippen LogP contribution is -2.39. The van der Waals surface area contributed by atoms with Gasteiger partial charge in [-0.2, -0.15) is 0 Å². The van der Waals surface area contributed by atoms with Crippen LogP contribution in [-0.4, -0.2) is 28.5 Å². The summed E-state index contributed by atoms with van der Waals surface area (Å²) in [6, 6.07) is 13.9. The fraction of sp³-hybridized carbons (Fsp3) is 0.208. The second kappa shape index (κ2) is 9.18. The smallest absolute Gasteiger partial charge is 0.338 e. The molecule has 1 aromatic heterocycles. The lowest BCUT2D eigenvalue weighted by atomic mass is 9.96. The van der Waals surface area contributed by atoms with Gasteiger partial charge in [-0.05, 0) is 61.6 Å². The fourth-order valence-electron chi connectivity index (χ4n) is 3.66. The molecule has 0 amide bonds. The van der Waals surface area contributed by atoms with Crippen molar-refractivity contribution in [3.63, 3.8) is 0 Å². The lowest BCUT2D eigenvalue weighted by molar-refractivity contribution is -0.139. The van der Waals surface area contributed by atoms with E-state index in [2.05, 4.69) is 4.99 Å². The first kappa shape index (κ1) is 22.1. The molecule has 164 valence electrons. The van der Waals surface area contributed by atoms with Gasteiger partial charge in [0.2, 0.25) is 0 Å². The normalized spacial score (nSPS) is 16.0. The molecule has 8 heteroatoms. The summed E-state index contributed by atoms with van der Waals surface area (Å²) >= 11 is 2.88. The number of aromatic hydroxyl groups is 1. The Morgan fingerprint density at radius 2 is 2.03 bits per heavy atom. The van der Waals surface area contributed by atoms with Gasteiger partial charge in [0.1, 0.15) is 5.75 Å². The second-order valence-corrected chi connectivity index (χ2v) is 9.06. The van der Waals surface area contributed by atoms with Crippen molar-refractivity contribution in [1.82, 2.24) is 4.57 Å². The Morgan fingerprint density at radius 1 is 1.28 bits per heavy atom. The zero-order valence-electron chi connectivity index (χ0n) is 17.9. The molecule has 32 heavy (non-hydrogen) atoms. The monoisotopic (exact) mass is 466 g/mol. The van der Waals surface area contributed by atoms with Gasteiger partial charge < -0.3 is 9.84 Å². The highest BCUT2D eigenvalue weighted by Gasteiger charge is 2.33. The molecule has 3 aromatic rings. The van der Waals surface area contributed by atoms with Gasteiger partial charge in [0.05, 0.1) is 28.5 Å². The van der Waals surface area contributed by atoms with Crippen molar-refractivity contribution < 1.29 is 14.6 Å². The van der Waals surface area contributed by atoms with Crippen molar-refractivity contribution in [2.45, 2.75) is 24.8 Å². The van der Waals surface area contributed by atoms with Crippen molar-refractivity contribution in [2.75, 3.05) is 12.9 Å². The number of phenolic OH excluding ortho intramolecular Hbond substituents is 1. The quantitative estimate of drug-likeness (QED) is 0.461. The highest BCUT2D eigenvalue weighted by molar-refractivity contribution is 7.98. The largest absolute Gasteiger partial charge is 0.508 e. The number of allylic oxidation sites excluding steroid dienone is 1. The molecular formula is C24H22N2O4S2. The van der Waals surface area contributed by atoms with Gasteiger partial charge in [-0.15, -0.1) is 11.8 Å². The number of esters is 1. The van der Waals surface area contributed by atoms with Crippen LogP contribution in [0.25, 0.3) is 6.08 Å². The number of fused-ring (bicyclic) bond motifs is 1. The van der Waals surface area contributed by atoms with Crippen molar-refractivity contribution >= 4 is 35.1 Å². The van der Waals surface area contributed by atoms with Crippen LogP contribution in [0, 0.1) is 0 Å². The molecule has 0 unspecified atom stereocenters. The Kier molecular flexibility index (Phi) is 6.34. The lowest BCUT2D eigenvalue weighted by Gasteiger charge is -2.24. The highest BCUT2D eigenvalue weighted by atomic mass is 32.2. The molecule has 4 rings (SSSR count). The number of rotatable bonds is 5. The van der Waals surface area contributed by atoms with Gasteiger partial charge in [-0.1, -0.05) is 35.6 Å². The first-order valence-corrected chi connectivity index (χ1v) is 12.1. The number of nitrogens with zero attached hydrogens (tertiary/aromatic N) is 2. The van der Waals surface area contributed by atoms with Crippen LogP contribution in [-0.2, 0) is 9.53 Å². The van der Waals surface area contributed by atoms with Gasteiger partial charge in [0, 0.05) is 4.90 Å². The number of carbonyl (C=O) groups is 1. The predicted molar refractivity (Wildman–Crippen MR) is 127 cm³/mol. The van der Waals surface area contributed by atoms with Crippen LogP contribution in [0.5, 0.6) is 5.75 Å². The van der Waals surface area contributed by atoms with Gasteiger partial charge in [-0.3, -0.25) is 9.36 Å². The van der Waals surface area contributed by atoms with Crippen LogP contribution in [0.4, 0.5) is 0 Å². The van der Waals surface area contributed by atoms with E-state index >= 15 is 0 Å². The topological polar surface area (TPSA) is 80.9 Å². The number of aromatic nitrogens is 1. The first-order valence-electron chi connectivity index (χ1n) is 10.1. The summed E-state index contributed by atoms with van der Waals surface area (Å²) in [6.45, 7) is 3.75. The van der Waals surface area contributed by atoms with Gasteiger partial charge >= 0.3 is 5.97 Å². The molecule has 2 heterocycles. The number of benzene rings is 2. The van der Waals surface area contributed by atoms with E-state index in [1.54, 1.807) is 54.5 Å². The SMILES string of the molecule is CCOC(=O)C1=C(C)N=c2sc(=Cc3cccc(O)c3)c(=O)n2[C@@H]1c1ccc(SC)cc1. The molecule has 6 nitrogen and oxygen atoms in total. The molecule has 1 aliphatic heterocycles. The van der Waals surface area contributed by atoms with E-state index in [1.807, 2.05) is 36.6 Å². The van der Waals surface area contributed by atoms with Gasteiger partial charge in [0.25, 0.3) is 5.56 Å². The Balaban J connectivity index is 1.94. The van der Waals surface area contributed by atoms with Crippen molar-refractivity contribution in [3.05, 3.63) is 90.6 Å². The van der Waals surface area contributed by atoms with Crippen LogP contribution >= 0.6 is 23.1 Å². The van der Waals surface area contributed by atoms with Crippen LogP contribution in [0.3, 0.4) is 0 Å². The standard InChI is InChI=1S/C24H22N2O4S2/c1-4-30-23(29)20-14(2)25-24-26(21(20)16-8-10-18(31-3)11-9-16)22(28)19(32-24)13-15-6-5-7-17(27)12-15/h5-13,21,27H,4H2,1-3H3/t21-/m1/s1. The van der Waals surface area contributed by atoms with E-state index in [1.165, 1.54) is 11.3 Å². The number of thioether (sulfide) groups is 1. The molecule has 1 atom stereocenters. The maximum Gasteiger partial charge on any atom is 0.338 e. The Morgan fingerprint density at radius 3 is 2.69 bits per heavy atom. The molecule has 1 aliphatic rings. The molecule has 0 saturated carbocycles. The average molecular weight is 467 g/mol. The molecule has 0 radical (unpaired) electrons. The number of hydrogen-bond acceptors (Lipinski definition) is 7. The van der Waals surface area contributed by atoms with Gasteiger partial charge in [-0.25, -0.2) is 9.79 Å². The maximum absolute atomic E-state index is 13.5. The molecule has 0 aliphatic carbocycles. The van der Waals surface area contributed by atoms with E-state index in [0.717, 1.165) is 10.5 Å². The Labute approximate surface area is 193 Å². The molecule has 0 spiro atoms. The first-order chi connectivity index (χ1) is 15.4. The summed E-state index contributed by atoms with van der Waals surface area (Å²) in [5.74, 6) is -0.353. The molecule has 1 N–H and O–H groups in total. The summed E-state index contributed by atoms with van der Waals surface area (Å²) in [5.41, 5.74) is 2.17. The Bertz CT molecular complexity index is 1380. The maximum atomic E-state index is 13.5. The third kappa shape index (κ3) is 4.16. The summed E-state index contributed by atoms with van der Waals surface area (Å²) < 4.78 is 7.34. The van der Waals surface area contributed by atoms with E-state index in [0.29, 0.717) is 26.2 Å². The van der Waals surface area contributed by atoms with Gasteiger partial charge in [0.15, 0.2) is 4.80 Å². The number of ether oxygens (including phenoxy) is 1. The van der Waals surface area contributed by atoms with Crippen LogP contribution in [0.2, 0.25) is 0 Å². The third-order valence-electron chi connectivity index (χ3n) is 5.12. The number of carbonyl (C=O) groups excluding carboxylic acids is 1. The zero-order valence-corrected chi connectivity index (χ0v) is 19.5. The molecule has 0 fully saturated rings. The zero-order chi connectivity index (χ0) is 22.8. The summed E-state index contributed by atoms with van der Waals surface area (Å²) in [5, 5.41) is 9.76. The van der Waals surface area contributed by atoms with E-state index < -0.39 is 12.0 Å². The van der Waals surface area contributed by atoms with Crippen LogP contribution < -0.4 is 14.9 Å². The molecule has 0 bridgehead atoms. The molecule has 2 aromatic carbocycles. The minimum Gasteiger partial charge on any atom is -0.508 e. The van der Waals surface area contributed by atoms with E-state index in [4.69, 9.17) is 4.74 Å². The molecule has 0 saturated heterocycles. The minimum absolute atomic E-state index is 0.124. The number of thiazole rings is 1. The van der Waals surface area contributed by atoms with Crippen molar-refractivity contribution in [1.29, 1.82) is 0 Å². The molecular weight excluding hydrogens is 444 g/mol. The summed E-state index contributed by atoms with van der Waals surface area (Å²) in [7, 11) is 0. The Hall–Kier alpha value is -3.10. The summed E-state index contributed by atoms with van der Waals surface area (Å²) in [4.78, 5) is 32.5. The average Bonchev–Trinajstić information content (AvgIpc) is 3.07. The third-order valence-corrected chi connectivity index (χ3v) is 6.84. The second-order valence-electron chi connectivity index (χ2n) is 7.17. The summed E-state index contributed by atoms with van der Waals surface area (Å²) in [6.07, 6.45) is 3.72. The predicted octanol–water partition coefficient (Wildman–Crippen LogP) is 3.23. The number of phenols is 1. The van der Waals surface area contributed by atoms with E-state index in [-0.39, 0.29) is 17.9 Å². The number of hydrogen-bond donors (Lipinski definition) is 1. The van der Waals surface area contributed by atoms with Crippen molar-refractivity contribution in [2.24, 2.45) is 4.99 Å². The van der Waals surface area contributed by atoms with Crippen molar-refractivity contribution in [3.8, 4) is 5.75 Å². The minimum atomic E-state index is -0.632. The van der Waals surface area contributed by atoms with E-state index in [9.17, 15) is 14.7 Å². The highest BCUT2D eigenvalue weighted by Crippen LogP contribution is 2.31.